The Hall–Kier alpha value is -0.490. The highest BCUT2D eigenvalue weighted by molar-refractivity contribution is 7.89. The molecular weight excluding hydrogens is 307 g/mol. The highest BCUT2D eigenvalue weighted by Gasteiger charge is 2.45. The summed E-state index contributed by atoms with van der Waals surface area (Å²) in [6.07, 6.45) is 2.98. The summed E-state index contributed by atoms with van der Waals surface area (Å²) in [6, 6.07) is 2.95. The first-order chi connectivity index (χ1) is 8.89. The Morgan fingerprint density at radius 3 is 2.32 bits per heavy atom. The van der Waals surface area contributed by atoms with Crippen LogP contribution in [0.4, 0.5) is 5.69 Å². The van der Waals surface area contributed by atoms with E-state index in [2.05, 4.69) is 0 Å². The van der Waals surface area contributed by atoms with Gasteiger partial charge in [0, 0.05) is 18.3 Å². The topological polar surface area (TPSA) is 63.4 Å². The Labute approximate surface area is 122 Å². The predicted octanol–water partition coefficient (Wildman–Crippen LogP) is 2.75. The normalized spacial score (nSPS) is 27.1. The van der Waals surface area contributed by atoms with Crippen LogP contribution in [0.15, 0.2) is 17.0 Å². The number of anilines is 1. The molecule has 1 aromatic rings. The van der Waals surface area contributed by atoms with E-state index in [0.29, 0.717) is 18.2 Å². The fourth-order valence-corrected chi connectivity index (χ4v) is 6.04. The van der Waals surface area contributed by atoms with Crippen molar-refractivity contribution < 1.29 is 8.42 Å². The molecule has 0 aromatic heterocycles. The predicted molar refractivity (Wildman–Crippen MR) is 75.9 cm³/mol. The Kier molecular flexibility index (Phi) is 3.21. The third kappa shape index (κ3) is 2.13. The summed E-state index contributed by atoms with van der Waals surface area (Å²) in [5, 5.41) is 0.181. The van der Waals surface area contributed by atoms with Gasteiger partial charge in [-0.15, -0.1) is 0 Å². The van der Waals surface area contributed by atoms with E-state index >= 15 is 0 Å². The van der Waals surface area contributed by atoms with Gasteiger partial charge < -0.3 is 5.73 Å². The average molecular weight is 321 g/mol. The number of piperidine rings is 1. The van der Waals surface area contributed by atoms with Gasteiger partial charge in [0.05, 0.1) is 10.0 Å². The maximum absolute atomic E-state index is 12.7. The van der Waals surface area contributed by atoms with Gasteiger partial charge in [0.25, 0.3) is 0 Å². The van der Waals surface area contributed by atoms with Crippen molar-refractivity contribution in [2.75, 3.05) is 12.3 Å². The monoisotopic (exact) mass is 320 g/mol. The molecule has 104 valence electrons. The highest BCUT2D eigenvalue weighted by atomic mass is 35.5. The van der Waals surface area contributed by atoms with Crippen molar-refractivity contribution in [1.29, 1.82) is 0 Å². The van der Waals surface area contributed by atoms with E-state index in [4.69, 9.17) is 28.9 Å². The molecule has 0 radical (unpaired) electrons. The Morgan fingerprint density at radius 2 is 1.84 bits per heavy atom. The molecule has 1 aliphatic carbocycles. The molecule has 0 spiro atoms. The lowest BCUT2D eigenvalue weighted by Gasteiger charge is -2.27. The SMILES string of the molecule is Nc1cc(Cl)c(S(=O)(=O)N2CC3CCC2C3)c(Cl)c1. The molecule has 2 unspecified atom stereocenters. The van der Waals surface area contributed by atoms with Gasteiger partial charge in [-0.25, -0.2) is 8.42 Å². The molecule has 1 saturated carbocycles. The first kappa shape index (κ1) is 13.5. The van der Waals surface area contributed by atoms with E-state index < -0.39 is 10.0 Å². The van der Waals surface area contributed by atoms with Crippen LogP contribution >= 0.6 is 23.2 Å². The lowest BCUT2D eigenvalue weighted by atomic mass is 10.1. The third-order valence-corrected chi connectivity index (χ3v) is 6.79. The summed E-state index contributed by atoms with van der Waals surface area (Å²) in [5.41, 5.74) is 5.97. The molecule has 3 rings (SSSR count). The molecule has 1 aliphatic heterocycles. The van der Waals surface area contributed by atoms with Crippen molar-refractivity contribution in [1.82, 2.24) is 4.31 Å². The lowest BCUT2D eigenvalue weighted by Crippen LogP contribution is -2.37. The van der Waals surface area contributed by atoms with E-state index in [-0.39, 0.29) is 21.0 Å². The number of nitrogens with zero attached hydrogens (tertiary/aromatic N) is 1. The molecule has 2 fully saturated rings. The number of rotatable bonds is 2. The van der Waals surface area contributed by atoms with Gasteiger partial charge in [0.15, 0.2) is 0 Å². The van der Waals surface area contributed by atoms with Crippen LogP contribution in [0.2, 0.25) is 10.0 Å². The minimum atomic E-state index is -3.63. The van der Waals surface area contributed by atoms with Crippen molar-refractivity contribution in [3.8, 4) is 0 Å². The Morgan fingerprint density at radius 1 is 1.21 bits per heavy atom. The number of nitrogens with two attached hydrogens (primary N) is 1. The van der Waals surface area contributed by atoms with Gasteiger partial charge in [0.1, 0.15) is 4.90 Å². The second-order valence-corrected chi connectivity index (χ2v) is 7.86. The molecule has 2 atom stereocenters. The molecule has 2 bridgehead atoms. The van der Waals surface area contributed by atoms with Gasteiger partial charge >= 0.3 is 0 Å². The second-order valence-electron chi connectivity index (χ2n) is 5.22. The van der Waals surface area contributed by atoms with Crippen LogP contribution in [0.1, 0.15) is 19.3 Å². The van der Waals surface area contributed by atoms with Gasteiger partial charge in [0.2, 0.25) is 10.0 Å². The maximum atomic E-state index is 12.7. The van der Waals surface area contributed by atoms with Crippen molar-refractivity contribution in [3.05, 3.63) is 22.2 Å². The Balaban J connectivity index is 2.06. The smallest absolute Gasteiger partial charge is 0.246 e. The Bertz CT molecular complexity index is 610. The zero-order valence-corrected chi connectivity index (χ0v) is 12.5. The molecular formula is C12H14Cl2N2O2S. The molecule has 1 aromatic carbocycles. The van der Waals surface area contributed by atoms with E-state index in [1.54, 1.807) is 4.31 Å². The molecule has 2 N–H and O–H groups in total. The maximum Gasteiger partial charge on any atom is 0.246 e. The van der Waals surface area contributed by atoms with Crippen molar-refractivity contribution in [2.24, 2.45) is 5.92 Å². The number of fused-ring (bicyclic) bond motifs is 2. The lowest BCUT2D eigenvalue weighted by molar-refractivity contribution is 0.333. The largest absolute Gasteiger partial charge is 0.399 e. The molecule has 2 aliphatic rings. The van der Waals surface area contributed by atoms with Crippen LogP contribution in [0.3, 0.4) is 0 Å². The summed E-state index contributed by atoms with van der Waals surface area (Å²) >= 11 is 12.1. The van der Waals surface area contributed by atoms with E-state index in [1.807, 2.05) is 0 Å². The zero-order chi connectivity index (χ0) is 13.8. The van der Waals surface area contributed by atoms with Gasteiger partial charge in [-0.1, -0.05) is 23.2 Å². The fourth-order valence-electron chi connectivity index (χ4n) is 3.12. The van der Waals surface area contributed by atoms with Crippen molar-refractivity contribution >= 4 is 38.9 Å². The minimum Gasteiger partial charge on any atom is -0.399 e. The summed E-state index contributed by atoms with van der Waals surface area (Å²) in [4.78, 5) is -0.0161. The van der Waals surface area contributed by atoms with Crippen LogP contribution < -0.4 is 5.73 Å². The van der Waals surface area contributed by atoms with Gasteiger partial charge in [-0.2, -0.15) is 4.31 Å². The van der Waals surface area contributed by atoms with Crippen LogP contribution in [0.5, 0.6) is 0 Å². The molecule has 7 heteroatoms. The zero-order valence-electron chi connectivity index (χ0n) is 10.1. The van der Waals surface area contributed by atoms with E-state index in [0.717, 1.165) is 19.3 Å². The molecule has 0 amide bonds. The third-order valence-electron chi connectivity index (χ3n) is 3.95. The number of nitrogen functional groups attached to an aromatic ring is 1. The van der Waals surface area contributed by atoms with Crippen LogP contribution in [0.25, 0.3) is 0 Å². The van der Waals surface area contributed by atoms with Gasteiger partial charge in [-0.05, 0) is 37.3 Å². The number of hydrogen-bond donors (Lipinski definition) is 1. The van der Waals surface area contributed by atoms with Crippen molar-refractivity contribution in [2.45, 2.75) is 30.2 Å². The first-order valence-electron chi connectivity index (χ1n) is 6.16. The first-order valence-corrected chi connectivity index (χ1v) is 8.35. The van der Waals surface area contributed by atoms with Crippen molar-refractivity contribution in [3.63, 3.8) is 0 Å². The van der Waals surface area contributed by atoms with Crippen LogP contribution in [-0.2, 0) is 10.0 Å². The number of halogens is 2. The summed E-state index contributed by atoms with van der Waals surface area (Å²) < 4.78 is 26.9. The summed E-state index contributed by atoms with van der Waals surface area (Å²) in [5.74, 6) is 0.478. The second kappa shape index (κ2) is 4.52. The van der Waals surface area contributed by atoms with E-state index in [1.165, 1.54) is 12.1 Å². The molecule has 19 heavy (non-hydrogen) atoms. The standard InChI is InChI=1S/C12H14Cl2N2O2S/c13-10-4-8(15)5-11(14)12(10)19(17,18)16-6-7-1-2-9(16)3-7/h4-5,7,9H,1-3,6,15H2. The summed E-state index contributed by atoms with van der Waals surface area (Å²) in [6.45, 7) is 0.573. The summed E-state index contributed by atoms with van der Waals surface area (Å²) in [7, 11) is -3.63. The fraction of sp³-hybridized carbons (Fsp3) is 0.500. The number of hydrogen-bond acceptors (Lipinski definition) is 3. The number of benzene rings is 1. The minimum absolute atomic E-state index is 0.0161. The number of sulfonamides is 1. The van der Waals surface area contributed by atoms with Crippen LogP contribution in [0, 0.1) is 5.92 Å². The molecule has 1 saturated heterocycles. The quantitative estimate of drug-likeness (QED) is 0.852. The molecule has 4 nitrogen and oxygen atoms in total. The molecule has 1 heterocycles. The van der Waals surface area contributed by atoms with E-state index in [9.17, 15) is 8.42 Å². The average Bonchev–Trinajstić information content (AvgIpc) is 2.88. The highest BCUT2D eigenvalue weighted by Crippen LogP contribution is 2.43. The van der Waals surface area contributed by atoms with Gasteiger partial charge in [-0.3, -0.25) is 0 Å². The van der Waals surface area contributed by atoms with Crippen LogP contribution in [-0.4, -0.2) is 25.3 Å².